The summed E-state index contributed by atoms with van der Waals surface area (Å²) in [6.45, 7) is 7.31. The van der Waals surface area contributed by atoms with Crippen LogP contribution in [0.4, 0.5) is 0 Å². The highest BCUT2D eigenvalue weighted by Crippen LogP contribution is 1.94. The third-order valence-electron chi connectivity index (χ3n) is 2.20. The molecule has 4 heteroatoms. The number of carbonyl (C=O) groups excluding carboxylic acids is 1. The molecule has 0 radical (unpaired) electrons. The summed E-state index contributed by atoms with van der Waals surface area (Å²) in [7, 11) is 4.08. The number of hydrogen-bond donors (Lipinski definition) is 0. The molecule has 0 rings (SSSR count). The molecule has 0 atom stereocenters. The van der Waals surface area contributed by atoms with Gasteiger partial charge in [-0.15, -0.1) is 0 Å². The van der Waals surface area contributed by atoms with E-state index in [-0.39, 0.29) is 12.5 Å². The normalized spacial score (nSPS) is 10.7. The number of hydrogen-bond acceptors (Lipinski definition) is 3. The molecule has 0 saturated carbocycles. The topological polar surface area (TPSA) is 32.8 Å². The molecule has 0 heterocycles. The number of rotatable bonds is 8. The highest BCUT2D eigenvalue weighted by Gasteiger charge is 2.10. The summed E-state index contributed by atoms with van der Waals surface area (Å²) in [6.07, 6.45) is 1.01. The monoisotopic (exact) mass is 216 g/mol. The Morgan fingerprint density at radius 3 is 2.33 bits per heavy atom. The molecule has 0 aromatic carbocycles. The van der Waals surface area contributed by atoms with E-state index in [1.807, 2.05) is 32.8 Å². The molecular formula is C11H24N2O2. The van der Waals surface area contributed by atoms with Crippen molar-refractivity contribution >= 4 is 5.91 Å². The van der Waals surface area contributed by atoms with E-state index in [1.165, 1.54) is 0 Å². The smallest absolute Gasteiger partial charge is 0.248 e. The van der Waals surface area contributed by atoms with E-state index in [1.54, 1.807) is 0 Å². The van der Waals surface area contributed by atoms with Crippen LogP contribution in [-0.2, 0) is 9.53 Å². The largest absolute Gasteiger partial charge is 0.372 e. The zero-order valence-corrected chi connectivity index (χ0v) is 10.5. The Hall–Kier alpha value is -0.610. The molecule has 0 aromatic heterocycles. The van der Waals surface area contributed by atoms with Gasteiger partial charge in [0, 0.05) is 19.7 Å². The van der Waals surface area contributed by atoms with Gasteiger partial charge in [-0.1, -0.05) is 0 Å². The first-order valence-electron chi connectivity index (χ1n) is 5.62. The predicted octanol–water partition coefficient (Wildman–Crippen LogP) is 0.823. The minimum absolute atomic E-state index is 0.0955. The van der Waals surface area contributed by atoms with Crippen LogP contribution in [0.1, 0.15) is 20.3 Å². The van der Waals surface area contributed by atoms with E-state index >= 15 is 0 Å². The molecule has 0 saturated heterocycles. The van der Waals surface area contributed by atoms with Crippen LogP contribution in [0, 0.1) is 0 Å². The molecule has 0 aliphatic rings. The summed E-state index contributed by atoms with van der Waals surface area (Å²) >= 11 is 0. The van der Waals surface area contributed by atoms with Crippen molar-refractivity contribution in [3.63, 3.8) is 0 Å². The van der Waals surface area contributed by atoms with Crippen LogP contribution in [-0.4, -0.2) is 62.7 Å². The molecular weight excluding hydrogens is 192 g/mol. The van der Waals surface area contributed by atoms with Gasteiger partial charge in [-0.05, 0) is 40.9 Å². The van der Waals surface area contributed by atoms with Gasteiger partial charge in [0.1, 0.15) is 6.61 Å². The molecule has 1 amide bonds. The minimum Gasteiger partial charge on any atom is -0.372 e. The molecule has 0 spiro atoms. The Bertz CT molecular complexity index is 172. The van der Waals surface area contributed by atoms with E-state index < -0.39 is 0 Å². The summed E-state index contributed by atoms with van der Waals surface area (Å²) in [5, 5.41) is 0. The van der Waals surface area contributed by atoms with Gasteiger partial charge in [0.05, 0.1) is 0 Å². The molecule has 4 nitrogen and oxygen atoms in total. The first kappa shape index (κ1) is 14.4. The second-order valence-electron chi connectivity index (χ2n) is 3.77. The van der Waals surface area contributed by atoms with E-state index in [0.29, 0.717) is 6.61 Å². The molecule has 0 aromatic rings. The molecule has 0 fully saturated rings. The Labute approximate surface area is 93.2 Å². The number of carbonyl (C=O) groups is 1. The second kappa shape index (κ2) is 8.68. The SMILES string of the molecule is CCOCC(=O)N(CC)CCCN(C)C. The number of amides is 1. The molecule has 0 N–H and O–H groups in total. The molecule has 90 valence electrons. The number of nitrogens with zero attached hydrogens (tertiary/aromatic N) is 2. The maximum atomic E-state index is 11.6. The first-order valence-corrected chi connectivity index (χ1v) is 5.62. The van der Waals surface area contributed by atoms with Gasteiger partial charge in [-0.25, -0.2) is 0 Å². The van der Waals surface area contributed by atoms with Gasteiger partial charge in [-0.3, -0.25) is 4.79 Å². The highest BCUT2D eigenvalue weighted by molar-refractivity contribution is 5.77. The maximum Gasteiger partial charge on any atom is 0.248 e. The van der Waals surface area contributed by atoms with Crippen LogP contribution in [0.5, 0.6) is 0 Å². The summed E-state index contributed by atoms with van der Waals surface area (Å²) in [5.41, 5.74) is 0. The fourth-order valence-corrected chi connectivity index (χ4v) is 1.32. The van der Waals surface area contributed by atoms with Crippen molar-refractivity contribution in [2.75, 3.05) is 46.9 Å². The Balaban J connectivity index is 3.75. The second-order valence-corrected chi connectivity index (χ2v) is 3.77. The van der Waals surface area contributed by atoms with E-state index in [9.17, 15) is 4.79 Å². The third-order valence-corrected chi connectivity index (χ3v) is 2.20. The zero-order chi connectivity index (χ0) is 11.7. The van der Waals surface area contributed by atoms with Gasteiger partial charge >= 0.3 is 0 Å². The first-order chi connectivity index (χ1) is 7.11. The lowest BCUT2D eigenvalue weighted by atomic mass is 10.3. The van der Waals surface area contributed by atoms with E-state index in [2.05, 4.69) is 4.90 Å². The quantitative estimate of drug-likeness (QED) is 0.602. The molecule has 0 unspecified atom stereocenters. The van der Waals surface area contributed by atoms with Crippen LogP contribution in [0.2, 0.25) is 0 Å². The van der Waals surface area contributed by atoms with Crippen molar-refractivity contribution in [3.05, 3.63) is 0 Å². The Morgan fingerprint density at radius 2 is 1.87 bits per heavy atom. The van der Waals surface area contributed by atoms with Crippen molar-refractivity contribution in [2.24, 2.45) is 0 Å². The predicted molar refractivity (Wildman–Crippen MR) is 61.9 cm³/mol. The van der Waals surface area contributed by atoms with Gasteiger partial charge < -0.3 is 14.5 Å². The third kappa shape index (κ3) is 7.33. The maximum absolute atomic E-state index is 11.6. The summed E-state index contributed by atoms with van der Waals surface area (Å²) in [6, 6.07) is 0. The van der Waals surface area contributed by atoms with E-state index in [4.69, 9.17) is 4.74 Å². The average molecular weight is 216 g/mol. The average Bonchev–Trinajstić information content (AvgIpc) is 2.20. The van der Waals surface area contributed by atoms with Crippen LogP contribution in [0.15, 0.2) is 0 Å². The lowest BCUT2D eigenvalue weighted by molar-refractivity contribution is -0.135. The minimum atomic E-state index is 0.0955. The molecule has 0 aliphatic carbocycles. The number of likely N-dealkylation sites (N-methyl/N-ethyl adjacent to an activating group) is 1. The van der Waals surface area contributed by atoms with Crippen molar-refractivity contribution in [2.45, 2.75) is 20.3 Å². The Morgan fingerprint density at radius 1 is 1.20 bits per heavy atom. The van der Waals surface area contributed by atoms with Crippen molar-refractivity contribution < 1.29 is 9.53 Å². The molecule has 0 bridgehead atoms. The standard InChI is InChI=1S/C11H24N2O2/c1-5-13(9-7-8-12(3)4)11(14)10-15-6-2/h5-10H2,1-4H3. The van der Waals surface area contributed by atoms with Crippen molar-refractivity contribution in [3.8, 4) is 0 Å². The van der Waals surface area contributed by atoms with Crippen molar-refractivity contribution in [1.29, 1.82) is 0 Å². The van der Waals surface area contributed by atoms with Crippen LogP contribution in [0.25, 0.3) is 0 Å². The van der Waals surface area contributed by atoms with Crippen molar-refractivity contribution in [1.82, 2.24) is 9.80 Å². The summed E-state index contributed by atoms with van der Waals surface area (Å²) in [5.74, 6) is 0.0955. The van der Waals surface area contributed by atoms with Crippen LogP contribution < -0.4 is 0 Å². The zero-order valence-electron chi connectivity index (χ0n) is 10.5. The summed E-state index contributed by atoms with van der Waals surface area (Å²) < 4.78 is 5.10. The van der Waals surface area contributed by atoms with Gasteiger partial charge in [-0.2, -0.15) is 0 Å². The van der Waals surface area contributed by atoms with Crippen LogP contribution in [0.3, 0.4) is 0 Å². The fraction of sp³-hybridized carbons (Fsp3) is 0.909. The molecule has 15 heavy (non-hydrogen) atoms. The van der Waals surface area contributed by atoms with Crippen LogP contribution >= 0.6 is 0 Å². The van der Waals surface area contributed by atoms with Gasteiger partial charge in [0.2, 0.25) is 5.91 Å². The fourth-order valence-electron chi connectivity index (χ4n) is 1.32. The van der Waals surface area contributed by atoms with E-state index in [0.717, 1.165) is 26.1 Å². The van der Waals surface area contributed by atoms with Gasteiger partial charge in [0.15, 0.2) is 0 Å². The number of ether oxygens (including phenoxy) is 1. The lowest BCUT2D eigenvalue weighted by Gasteiger charge is -2.21. The highest BCUT2D eigenvalue weighted by atomic mass is 16.5. The molecule has 0 aliphatic heterocycles. The summed E-state index contributed by atoms with van der Waals surface area (Å²) in [4.78, 5) is 15.6. The van der Waals surface area contributed by atoms with Gasteiger partial charge in [0.25, 0.3) is 0 Å². The Kier molecular flexibility index (Phi) is 8.33. The lowest BCUT2D eigenvalue weighted by Crippen LogP contribution is -2.35.